The van der Waals surface area contributed by atoms with E-state index in [1.165, 1.54) is 24.2 Å². The summed E-state index contributed by atoms with van der Waals surface area (Å²) in [5, 5.41) is 3.33. The summed E-state index contributed by atoms with van der Waals surface area (Å²) in [6.45, 7) is 0.264. The number of hydrogen-bond donors (Lipinski definition) is 1. The molecule has 0 bridgehead atoms. The van der Waals surface area contributed by atoms with Gasteiger partial charge in [0.2, 0.25) is 0 Å². The number of rotatable bonds is 5. The molecule has 0 spiro atoms. The minimum Gasteiger partial charge on any atom is -0.345 e. The minimum absolute atomic E-state index is 0.256. The Morgan fingerprint density at radius 2 is 1.65 bits per heavy atom. The maximum Gasteiger partial charge on any atom is 0.254 e. The van der Waals surface area contributed by atoms with Crippen molar-refractivity contribution in [3.8, 4) is 0 Å². The van der Waals surface area contributed by atoms with Crippen LogP contribution >= 0.6 is 11.8 Å². The van der Waals surface area contributed by atoms with Crippen LogP contribution in [0.25, 0.3) is 0 Å². The van der Waals surface area contributed by atoms with E-state index in [4.69, 9.17) is 0 Å². The molecule has 3 aromatic rings. The Balaban J connectivity index is 1.59. The third kappa shape index (κ3) is 4.33. The van der Waals surface area contributed by atoms with E-state index >= 15 is 0 Å². The molecule has 1 aromatic carbocycles. The molecule has 6 nitrogen and oxygen atoms in total. The van der Waals surface area contributed by atoms with Gasteiger partial charge in [-0.15, -0.1) is 0 Å². The third-order valence-corrected chi connectivity index (χ3v) is 3.77. The topological polar surface area (TPSA) is 80.7 Å². The third-order valence-electron chi connectivity index (χ3n) is 2.87. The number of benzene rings is 1. The summed E-state index contributed by atoms with van der Waals surface area (Å²) in [5.74, 6) is 0.298. The van der Waals surface area contributed by atoms with Crippen molar-refractivity contribution in [1.82, 2.24) is 25.3 Å². The van der Waals surface area contributed by atoms with Crippen molar-refractivity contribution in [2.75, 3.05) is 0 Å². The zero-order valence-corrected chi connectivity index (χ0v) is 12.9. The van der Waals surface area contributed by atoms with Crippen LogP contribution in [0.3, 0.4) is 0 Å². The van der Waals surface area contributed by atoms with E-state index in [-0.39, 0.29) is 12.5 Å². The van der Waals surface area contributed by atoms with Gasteiger partial charge in [0.15, 0.2) is 5.16 Å². The largest absolute Gasteiger partial charge is 0.345 e. The normalized spacial score (nSPS) is 10.3. The molecule has 1 amide bonds. The Morgan fingerprint density at radius 1 is 0.957 bits per heavy atom. The quantitative estimate of drug-likeness (QED) is 0.726. The minimum atomic E-state index is -0.256. The monoisotopic (exact) mass is 323 g/mol. The zero-order chi connectivity index (χ0) is 15.9. The molecule has 2 aromatic heterocycles. The van der Waals surface area contributed by atoms with Crippen LogP contribution in [0.15, 0.2) is 71.2 Å². The number of carbonyl (C=O) groups excluding carboxylic acids is 1. The Hall–Kier alpha value is -2.80. The molecule has 0 radical (unpaired) electrons. The SMILES string of the molecule is O=C(NCc1ncccn1)c1cnc(Sc2ccccc2)nc1. The molecule has 0 aliphatic carbocycles. The highest BCUT2D eigenvalue weighted by molar-refractivity contribution is 7.99. The molecule has 0 unspecified atom stereocenters. The van der Waals surface area contributed by atoms with Crippen molar-refractivity contribution in [3.63, 3.8) is 0 Å². The average Bonchev–Trinajstić information content (AvgIpc) is 2.62. The molecule has 0 fully saturated rings. The van der Waals surface area contributed by atoms with Gasteiger partial charge in [0.05, 0.1) is 12.1 Å². The van der Waals surface area contributed by atoms with Gasteiger partial charge in [-0.2, -0.15) is 0 Å². The highest BCUT2D eigenvalue weighted by atomic mass is 32.2. The second-order valence-corrected chi connectivity index (χ2v) is 5.56. The molecule has 0 saturated heterocycles. The number of carbonyl (C=O) groups is 1. The maximum atomic E-state index is 12.0. The van der Waals surface area contributed by atoms with Gasteiger partial charge in [-0.1, -0.05) is 18.2 Å². The molecule has 0 aliphatic rings. The van der Waals surface area contributed by atoms with Crippen LogP contribution in [0.4, 0.5) is 0 Å². The van der Waals surface area contributed by atoms with Crippen LogP contribution in [0.5, 0.6) is 0 Å². The van der Waals surface area contributed by atoms with Crippen molar-refractivity contribution in [2.45, 2.75) is 16.6 Å². The fraction of sp³-hybridized carbons (Fsp3) is 0.0625. The lowest BCUT2D eigenvalue weighted by atomic mass is 10.3. The van der Waals surface area contributed by atoms with Crippen LogP contribution in [0.1, 0.15) is 16.2 Å². The molecule has 2 heterocycles. The number of nitrogens with one attached hydrogen (secondary N) is 1. The summed E-state index contributed by atoms with van der Waals surface area (Å²) < 4.78 is 0. The predicted octanol–water partition coefficient (Wildman–Crippen LogP) is 2.35. The first-order chi connectivity index (χ1) is 11.3. The van der Waals surface area contributed by atoms with E-state index in [9.17, 15) is 4.79 Å². The average molecular weight is 323 g/mol. The van der Waals surface area contributed by atoms with Crippen LogP contribution < -0.4 is 5.32 Å². The van der Waals surface area contributed by atoms with E-state index in [1.54, 1.807) is 18.5 Å². The maximum absolute atomic E-state index is 12.0. The summed E-state index contributed by atoms with van der Waals surface area (Å²) in [6, 6.07) is 11.5. The van der Waals surface area contributed by atoms with Crippen LogP contribution in [0.2, 0.25) is 0 Å². The van der Waals surface area contributed by atoms with E-state index in [1.807, 2.05) is 30.3 Å². The van der Waals surface area contributed by atoms with Gasteiger partial charge in [-0.3, -0.25) is 4.79 Å². The van der Waals surface area contributed by atoms with Crippen LogP contribution in [0, 0.1) is 0 Å². The van der Waals surface area contributed by atoms with Gasteiger partial charge in [-0.25, -0.2) is 19.9 Å². The first kappa shape index (κ1) is 15.1. The fourth-order valence-corrected chi connectivity index (χ4v) is 2.48. The summed E-state index contributed by atoms with van der Waals surface area (Å²) in [5.41, 5.74) is 0.401. The lowest BCUT2D eigenvalue weighted by molar-refractivity contribution is 0.0949. The molecular weight excluding hydrogens is 310 g/mol. The molecule has 1 N–H and O–H groups in total. The highest BCUT2D eigenvalue weighted by Gasteiger charge is 2.08. The van der Waals surface area contributed by atoms with Gasteiger partial charge in [-0.05, 0) is 30.0 Å². The standard InChI is InChI=1S/C16H13N5OS/c22-15(19-11-14-17-7-4-8-18-14)12-9-20-16(21-10-12)23-13-5-2-1-3-6-13/h1-10H,11H2,(H,19,22). The lowest BCUT2D eigenvalue weighted by Crippen LogP contribution is -2.24. The summed E-state index contributed by atoms with van der Waals surface area (Å²) in [6.07, 6.45) is 6.29. The molecule has 7 heteroatoms. The Morgan fingerprint density at radius 3 is 2.35 bits per heavy atom. The van der Waals surface area contributed by atoms with Gasteiger partial charge >= 0.3 is 0 Å². The fourth-order valence-electron chi connectivity index (χ4n) is 1.76. The van der Waals surface area contributed by atoms with Gasteiger partial charge in [0.1, 0.15) is 5.82 Å². The predicted molar refractivity (Wildman–Crippen MR) is 85.8 cm³/mol. The molecular formula is C16H13N5OS. The second kappa shape index (κ2) is 7.46. The Bertz CT molecular complexity index is 765. The highest BCUT2D eigenvalue weighted by Crippen LogP contribution is 2.23. The smallest absolute Gasteiger partial charge is 0.254 e. The number of nitrogens with zero attached hydrogens (tertiary/aromatic N) is 4. The zero-order valence-electron chi connectivity index (χ0n) is 12.1. The van der Waals surface area contributed by atoms with Crippen molar-refractivity contribution >= 4 is 17.7 Å². The number of aromatic nitrogens is 4. The molecule has 0 saturated carbocycles. The van der Waals surface area contributed by atoms with Crippen LogP contribution in [-0.4, -0.2) is 25.8 Å². The first-order valence-corrected chi connectivity index (χ1v) is 7.72. The molecule has 0 atom stereocenters. The van der Waals surface area contributed by atoms with Crippen LogP contribution in [-0.2, 0) is 6.54 Å². The molecule has 114 valence electrons. The number of amides is 1. The van der Waals surface area contributed by atoms with Crippen molar-refractivity contribution in [3.05, 3.63) is 72.6 Å². The van der Waals surface area contributed by atoms with E-state index in [0.29, 0.717) is 16.5 Å². The van der Waals surface area contributed by atoms with Crippen molar-refractivity contribution in [2.24, 2.45) is 0 Å². The summed E-state index contributed by atoms with van der Waals surface area (Å²) in [7, 11) is 0. The van der Waals surface area contributed by atoms with Gasteiger partial charge < -0.3 is 5.32 Å². The van der Waals surface area contributed by atoms with Gasteiger partial charge in [0.25, 0.3) is 5.91 Å². The molecule has 23 heavy (non-hydrogen) atoms. The second-order valence-electron chi connectivity index (χ2n) is 4.52. The Kier molecular flexibility index (Phi) is 4.90. The summed E-state index contributed by atoms with van der Waals surface area (Å²) >= 11 is 1.44. The van der Waals surface area contributed by atoms with E-state index in [2.05, 4.69) is 25.3 Å². The Labute approximate surface area is 137 Å². The molecule has 3 rings (SSSR count). The van der Waals surface area contributed by atoms with Crippen molar-refractivity contribution in [1.29, 1.82) is 0 Å². The number of hydrogen-bond acceptors (Lipinski definition) is 6. The summed E-state index contributed by atoms with van der Waals surface area (Å²) in [4.78, 5) is 29.6. The van der Waals surface area contributed by atoms with Gasteiger partial charge in [0, 0.05) is 29.7 Å². The molecule has 0 aliphatic heterocycles. The lowest BCUT2D eigenvalue weighted by Gasteiger charge is -2.04. The van der Waals surface area contributed by atoms with E-state index < -0.39 is 0 Å². The van der Waals surface area contributed by atoms with Crippen molar-refractivity contribution < 1.29 is 4.79 Å². The first-order valence-electron chi connectivity index (χ1n) is 6.90. The van der Waals surface area contributed by atoms with E-state index in [0.717, 1.165) is 4.90 Å².